The summed E-state index contributed by atoms with van der Waals surface area (Å²) in [6.07, 6.45) is -0.529. The summed E-state index contributed by atoms with van der Waals surface area (Å²) in [5.74, 6) is 0. The molecule has 4 heterocycles. The lowest BCUT2D eigenvalue weighted by molar-refractivity contribution is -1.30. The van der Waals surface area contributed by atoms with Gasteiger partial charge in [-0.2, -0.15) is 0 Å². The van der Waals surface area contributed by atoms with Crippen LogP contribution in [0.3, 0.4) is 0 Å². The fraction of sp³-hybridized carbons (Fsp3) is 0.571. The molecule has 0 amide bonds. The van der Waals surface area contributed by atoms with Crippen LogP contribution in [-0.4, -0.2) is 49.7 Å². The monoisotopic (exact) mass is 293 g/mol. The van der Waals surface area contributed by atoms with Crippen LogP contribution in [0.1, 0.15) is 11.7 Å². The molecule has 21 heavy (non-hydrogen) atoms. The van der Waals surface area contributed by atoms with E-state index in [2.05, 4.69) is 0 Å². The number of nitro groups is 1. The van der Waals surface area contributed by atoms with E-state index in [-0.39, 0.29) is 11.1 Å². The minimum Gasteiger partial charge on any atom is -0.387 e. The van der Waals surface area contributed by atoms with Gasteiger partial charge in [-0.25, -0.2) is 14.7 Å². The van der Waals surface area contributed by atoms with Crippen molar-refractivity contribution in [3.63, 3.8) is 0 Å². The average molecular weight is 293 g/mol. The molecule has 0 aliphatic carbocycles. The first-order valence-corrected chi connectivity index (χ1v) is 7.49. The van der Waals surface area contributed by atoms with Crippen molar-refractivity contribution in [3.05, 3.63) is 39.9 Å². The van der Waals surface area contributed by atoms with E-state index in [4.69, 9.17) is 0 Å². The SMILES string of the molecule is O=[N+]([O-])c1ccc([C@H](O)C23C[NH+]4C[NH+](C[NH+](C4)C2)C3)cc1. The molecule has 7 nitrogen and oxygen atoms in total. The Hall–Kier alpha value is -1.54. The van der Waals surface area contributed by atoms with Gasteiger partial charge in [-0.05, 0) is 17.7 Å². The summed E-state index contributed by atoms with van der Waals surface area (Å²) in [5, 5.41) is 21.6. The average Bonchev–Trinajstić information content (AvgIpc) is 2.45. The van der Waals surface area contributed by atoms with Crippen LogP contribution < -0.4 is 14.7 Å². The largest absolute Gasteiger partial charge is 0.387 e. The standard InChI is InChI=1S/C14H18N4O3/c19-13(11-1-3-12(4-2-11)18(20)21)14-5-15-8-16(6-14)10-17(7-14)9-15/h1-4,13,19H,5-10H2/p+3/t13-/m0/s1. The maximum atomic E-state index is 10.9. The number of aliphatic hydroxyl groups excluding tert-OH is 1. The molecule has 0 aromatic heterocycles. The zero-order valence-corrected chi connectivity index (χ0v) is 11.8. The Balaban J connectivity index is 1.62. The minimum atomic E-state index is -0.529. The lowest BCUT2D eigenvalue weighted by Gasteiger charge is -2.53. The van der Waals surface area contributed by atoms with Gasteiger partial charge >= 0.3 is 0 Å². The first kappa shape index (κ1) is 13.1. The maximum Gasteiger partial charge on any atom is 0.269 e. The molecule has 5 rings (SSSR count). The van der Waals surface area contributed by atoms with Gasteiger partial charge in [-0.3, -0.25) is 10.1 Å². The highest BCUT2D eigenvalue weighted by molar-refractivity contribution is 5.34. The van der Waals surface area contributed by atoms with Crippen molar-refractivity contribution in [3.8, 4) is 0 Å². The second-order valence-electron chi connectivity index (χ2n) is 6.92. The molecular weight excluding hydrogens is 272 g/mol. The predicted molar refractivity (Wildman–Crippen MR) is 72.6 cm³/mol. The van der Waals surface area contributed by atoms with Crippen LogP contribution in [0.15, 0.2) is 24.3 Å². The summed E-state index contributed by atoms with van der Waals surface area (Å²) in [6.45, 7) is 6.53. The van der Waals surface area contributed by atoms with Crippen LogP contribution in [0.2, 0.25) is 0 Å². The topological polar surface area (TPSA) is 76.7 Å². The molecule has 0 saturated carbocycles. The Morgan fingerprint density at radius 2 is 1.52 bits per heavy atom. The molecule has 1 aromatic carbocycles. The van der Waals surface area contributed by atoms with E-state index < -0.39 is 11.0 Å². The van der Waals surface area contributed by atoms with E-state index in [1.807, 2.05) is 0 Å². The molecule has 4 bridgehead atoms. The fourth-order valence-electron chi connectivity index (χ4n) is 4.73. The Morgan fingerprint density at radius 3 is 1.95 bits per heavy atom. The van der Waals surface area contributed by atoms with Crippen molar-refractivity contribution in [2.75, 3.05) is 39.6 Å². The van der Waals surface area contributed by atoms with Gasteiger partial charge < -0.3 is 5.11 Å². The first-order valence-electron chi connectivity index (χ1n) is 7.49. The van der Waals surface area contributed by atoms with Crippen molar-refractivity contribution < 1.29 is 24.7 Å². The summed E-state index contributed by atoms with van der Waals surface area (Å²) < 4.78 is 0. The third-order valence-corrected chi connectivity index (χ3v) is 5.31. The van der Waals surface area contributed by atoms with Gasteiger partial charge in [-0.15, -0.1) is 0 Å². The smallest absolute Gasteiger partial charge is 0.269 e. The van der Waals surface area contributed by atoms with Crippen molar-refractivity contribution >= 4 is 5.69 Å². The van der Waals surface area contributed by atoms with E-state index in [0.29, 0.717) is 0 Å². The number of rotatable bonds is 3. The molecule has 4 saturated heterocycles. The van der Waals surface area contributed by atoms with Crippen LogP contribution in [0, 0.1) is 15.5 Å². The number of hydrogen-bond donors (Lipinski definition) is 4. The van der Waals surface area contributed by atoms with E-state index in [1.165, 1.54) is 12.1 Å². The Labute approximate surface area is 122 Å². The molecule has 4 N–H and O–H groups in total. The van der Waals surface area contributed by atoms with Crippen LogP contribution in [-0.2, 0) is 0 Å². The van der Waals surface area contributed by atoms with Gasteiger partial charge in [0.15, 0.2) is 0 Å². The molecule has 4 aliphatic heterocycles. The van der Waals surface area contributed by atoms with Gasteiger partial charge in [0.2, 0.25) is 20.0 Å². The molecule has 0 unspecified atom stereocenters. The van der Waals surface area contributed by atoms with E-state index in [0.717, 1.165) is 45.2 Å². The third-order valence-electron chi connectivity index (χ3n) is 5.31. The lowest BCUT2D eigenvalue weighted by Crippen LogP contribution is -3.55. The third kappa shape index (κ3) is 2.04. The van der Waals surface area contributed by atoms with Crippen molar-refractivity contribution in [1.29, 1.82) is 0 Å². The van der Waals surface area contributed by atoms with E-state index in [9.17, 15) is 15.2 Å². The first-order chi connectivity index (χ1) is 10.1. The zero-order chi connectivity index (χ0) is 14.6. The molecule has 0 radical (unpaired) electrons. The highest BCUT2D eigenvalue weighted by Gasteiger charge is 2.60. The Bertz CT molecular complexity index is 539. The Kier molecular flexibility index (Phi) is 2.80. The highest BCUT2D eigenvalue weighted by atomic mass is 16.6. The summed E-state index contributed by atoms with van der Waals surface area (Å²) in [4.78, 5) is 15.1. The molecule has 4 fully saturated rings. The zero-order valence-electron chi connectivity index (χ0n) is 11.8. The number of nitrogens with zero attached hydrogens (tertiary/aromatic N) is 1. The molecule has 112 valence electrons. The summed E-state index contributed by atoms with van der Waals surface area (Å²) in [7, 11) is 0. The van der Waals surface area contributed by atoms with Gasteiger partial charge in [0, 0.05) is 12.1 Å². The predicted octanol–water partition coefficient (Wildman–Crippen LogP) is -3.82. The van der Waals surface area contributed by atoms with Crippen molar-refractivity contribution in [2.24, 2.45) is 5.41 Å². The molecular formula is C14H21N4O3+3. The van der Waals surface area contributed by atoms with Crippen LogP contribution in [0.5, 0.6) is 0 Å². The molecule has 4 aliphatic rings. The van der Waals surface area contributed by atoms with Crippen molar-refractivity contribution in [2.45, 2.75) is 6.10 Å². The van der Waals surface area contributed by atoms with E-state index >= 15 is 0 Å². The lowest BCUT2D eigenvalue weighted by atomic mass is 9.74. The summed E-state index contributed by atoms with van der Waals surface area (Å²) >= 11 is 0. The van der Waals surface area contributed by atoms with Crippen molar-refractivity contribution in [1.82, 2.24) is 0 Å². The van der Waals surface area contributed by atoms with Crippen LogP contribution >= 0.6 is 0 Å². The number of aliphatic hydroxyl groups is 1. The molecule has 1 aromatic rings. The number of quaternary nitrogens is 3. The molecule has 0 spiro atoms. The molecule has 7 heteroatoms. The number of nitro benzene ring substituents is 1. The normalized spacial score (nSPS) is 38.4. The van der Waals surface area contributed by atoms with E-state index in [1.54, 1.807) is 26.8 Å². The van der Waals surface area contributed by atoms with Gasteiger partial charge in [0.25, 0.3) is 5.69 Å². The Morgan fingerprint density at radius 1 is 1.05 bits per heavy atom. The van der Waals surface area contributed by atoms with Crippen LogP contribution in [0.4, 0.5) is 5.69 Å². The second kappa shape index (κ2) is 4.48. The minimum absolute atomic E-state index is 0.0783. The number of hydrogen-bond acceptors (Lipinski definition) is 3. The fourth-order valence-corrected chi connectivity index (χ4v) is 4.73. The number of nitrogens with one attached hydrogen (secondary N) is 3. The van der Waals surface area contributed by atoms with Gasteiger partial charge in [0.05, 0.1) is 4.92 Å². The summed E-state index contributed by atoms with van der Waals surface area (Å²) in [5.41, 5.74) is 0.809. The highest BCUT2D eigenvalue weighted by Crippen LogP contribution is 2.33. The number of non-ortho nitro benzene ring substituents is 1. The summed E-state index contributed by atoms with van der Waals surface area (Å²) in [6, 6.07) is 6.40. The molecule has 1 atom stereocenters. The van der Waals surface area contributed by atoms with Gasteiger partial charge in [-0.1, -0.05) is 0 Å². The van der Waals surface area contributed by atoms with Gasteiger partial charge in [0.1, 0.15) is 31.2 Å². The number of benzene rings is 1. The second-order valence-corrected chi connectivity index (χ2v) is 6.92. The maximum absolute atomic E-state index is 10.9. The van der Waals surface area contributed by atoms with Crippen LogP contribution in [0.25, 0.3) is 0 Å². The quantitative estimate of drug-likeness (QED) is 0.341.